The highest BCUT2D eigenvalue weighted by molar-refractivity contribution is 7.20. The molecule has 2 saturated carbocycles. The van der Waals surface area contributed by atoms with Crippen LogP contribution in [0, 0.1) is 0 Å². The fourth-order valence-electron chi connectivity index (χ4n) is 2.90. The Kier molecular flexibility index (Phi) is 13.1. The van der Waals surface area contributed by atoms with Crippen LogP contribution in [0.25, 0.3) is 0 Å². The van der Waals surface area contributed by atoms with Crippen molar-refractivity contribution in [2.45, 2.75) is 153 Å². The number of aliphatic hydroxyl groups is 1. The van der Waals surface area contributed by atoms with Gasteiger partial charge in [-0.2, -0.15) is 11.1 Å². The van der Waals surface area contributed by atoms with E-state index < -0.39 is 15.7 Å². The van der Waals surface area contributed by atoms with Gasteiger partial charge in [-0.05, 0) is 74.5 Å². The number of halogens is 1. The third-order valence-electron chi connectivity index (χ3n) is 7.51. The molecule has 2 aliphatic carbocycles. The normalized spacial score (nSPS) is 28.1. The van der Waals surface area contributed by atoms with E-state index in [1.165, 1.54) is 0 Å². The van der Waals surface area contributed by atoms with Gasteiger partial charge < -0.3 is 21.0 Å². The summed E-state index contributed by atoms with van der Waals surface area (Å²) in [7, 11) is -2.94. The summed E-state index contributed by atoms with van der Waals surface area (Å²) in [4.78, 5) is 0. The van der Waals surface area contributed by atoms with Crippen LogP contribution in [0.1, 0.15) is 92.9 Å². The van der Waals surface area contributed by atoms with Crippen molar-refractivity contribution < 1.29 is 9.53 Å². The second-order valence-corrected chi connectivity index (χ2v) is 24.7. The van der Waals surface area contributed by atoms with Gasteiger partial charge in [-0.3, -0.25) is 0 Å². The lowest BCUT2D eigenvalue weighted by atomic mass is 9.94. The molecule has 0 aromatic rings. The maximum atomic E-state index is 8.97. The van der Waals surface area contributed by atoms with Crippen molar-refractivity contribution in [3.05, 3.63) is 0 Å². The second kappa shape index (κ2) is 12.9. The van der Waals surface area contributed by atoms with Crippen molar-refractivity contribution in [3.63, 3.8) is 0 Å². The predicted octanol–water partition coefficient (Wildman–Crippen LogP) is 6.76. The van der Waals surface area contributed by atoms with E-state index in [4.69, 9.17) is 32.1 Å². The molecule has 31 heavy (non-hydrogen) atoms. The van der Waals surface area contributed by atoms with Crippen molar-refractivity contribution >= 4 is 26.8 Å². The molecule has 0 aromatic carbocycles. The standard InChI is InChI=1S/C12H27NOSi.C6H15ClSi.C6H13NO/c1-12(2,3)15(4,5)14-11-8-6-10(13)7-9-11;1-6(2,3)8(4,5)7;7-5-1-3-6(8)4-2-5/h10-11H,6-9,13H2,1-5H3;1-5H3;5-6,8H,1-4,7H2. The average molecular weight is 495 g/mol. The predicted molar refractivity (Wildman–Crippen MR) is 144 cm³/mol. The largest absolute Gasteiger partial charge is 0.414 e. The monoisotopic (exact) mass is 494 g/mol. The van der Waals surface area contributed by atoms with E-state index in [-0.39, 0.29) is 6.10 Å². The minimum absolute atomic E-state index is 0.0604. The zero-order valence-corrected chi connectivity index (χ0v) is 25.1. The van der Waals surface area contributed by atoms with E-state index in [0.717, 1.165) is 51.4 Å². The van der Waals surface area contributed by atoms with Crippen molar-refractivity contribution in [1.82, 2.24) is 0 Å². The van der Waals surface area contributed by atoms with Crippen molar-refractivity contribution in [2.24, 2.45) is 11.5 Å². The first-order valence-electron chi connectivity index (χ1n) is 12.3. The number of hydrogen-bond donors (Lipinski definition) is 3. The van der Waals surface area contributed by atoms with E-state index in [9.17, 15) is 0 Å². The van der Waals surface area contributed by atoms with Gasteiger partial charge >= 0.3 is 0 Å². The van der Waals surface area contributed by atoms with Gasteiger partial charge in [0.05, 0.1) is 6.10 Å². The zero-order valence-electron chi connectivity index (χ0n) is 22.4. The minimum atomic E-state index is -1.56. The highest BCUT2D eigenvalue weighted by Crippen LogP contribution is 2.39. The Morgan fingerprint density at radius 2 is 1.03 bits per heavy atom. The lowest BCUT2D eigenvalue weighted by Crippen LogP contribution is -2.45. The summed E-state index contributed by atoms with van der Waals surface area (Å²) in [6, 6.07) is 0.780. The molecule has 0 heterocycles. The molecule has 0 aromatic heterocycles. The molecular formula is C24H55ClN2O2Si2. The van der Waals surface area contributed by atoms with Gasteiger partial charge in [0.2, 0.25) is 0 Å². The molecule has 0 spiro atoms. The Bertz CT molecular complexity index is 461. The summed E-state index contributed by atoms with van der Waals surface area (Å²) in [6.45, 7) is 22.5. The van der Waals surface area contributed by atoms with E-state index >= 15 is 0 Å². The Labute approximate surface area is 201 Å². The summed E-state index contributed by atoms with van der Waals surface area (Å²) in [5.41, 5.74) is 11.5. The molecule has 7 heteroatoms. The van der Waals surface area contributed by atoms with E-state index in [1.54, 1.807) is 0 Å². The van der Waals surface area contributed by atoms with Gasteiger partial charge in [0, 0.05) is 18.2 Å². The van der Waals surface area contributed by atoms with Crippen molar-refractivity contribution in [2.75, 3.05) is 0 Å². The van der Waals surface area contributed by atoms with E-state index in [0.29, 0.717) is 28.3 Å². The topological polar surface area (TPSA) is 81.5 Å². The molecule has 2 aliphatic rings. The SMILES string of the molecule is CC(C)(C)[Si](C)(C)Cl.CC(C)(C)[Si](C)(C)OC1CCC(N)CC1.NC1CCC(O)CC1. The molecule has 188 valence electrons. The first-order valence-corrected chi connectivity index (χ1v) is 19.2. The first kappa shape index (κ1) is 31.6. The highest BCUT2D eigenvalue weighted by Gasteiger charge is 2.39. The number of hydrogen-bond acceptors (Lipinski definition) is 4. The van der Waals surface area contributed by atoms with Crippen LogP contribution in [-0.2, 0) is 4.43 Å². The van der Waals surface area contributed by atoms with Crippen LogP contribution in [0.2, 0.25) is 36.3 Å². The number of rotatable bonds is 2. The van der Waals surface area contributed by atoms with Gasteiger partial charge in [-0.25, -0.2) is 0 Å². The molecule has 0 bridgehead atoms. The van der Waals surface area contributed by atoms with Crippen LogP contribution >= 0.6 is 11.1 Å². The summed E-state index contributed by atoms with van der Waals surface area (Å²) in [5, 5.41) is 9.64. The Morgan fingerprint density at radius 3 is 1.29 bits per heavy atom. The summed E-state index contributed by atoms with van der Waals surface area (Å²) in [5.74, 6) is 0. The Morgan fingerprint density at radius 1 is 0.710 bits per heavy atom. The molecular weight excluding hydrogens is 440 g/mol. The first-order chi connectivity index (χ1) is 13.8. The quantitative estimate of drug-likeness (QED) is 0.292. The van der Waals surface area contributed by atoms with Crippen LogP contribution in [0.5, 0.6) is 0 Å². The van der Waals surface area contributed by atoms with Crippen LogP contribution in [0.15, 0.2) is 0 Å². The van der Waals surface area contributed by atoms with Crippen molar-refractivity contribution in [3.8, 4) is 0 Å². The third kappa shape index (κ3) is 13.1. The summed E-state index contributed by atoms with van der Waals surface area (Å²) < 4.78 is 6.37. The minimum Gasteiger partial charge on any atom is -0.414 e. The molecule has 2 fully saturated rings. The lowest BCUT2D eigenvalue weighted by molar-refractivity contribution is 0.123. The molecule has 4 nitrogen and oxygen atoms in total. The molecule has 0 aliphatic heterocycles. The Balaban J connectivity index is 0.000000477. The van der Waals surface area contributed by atoms with Crippen molar-refractivity contribution in [1.29, 1.82) is 0 Å². The van der Waals surface area contributed by atoms with Gasteiger partial charge in [-0.1, -0.05) is 54.6 Å². The van der Waals surface area contributed by atoms with Gasteiger partial charge in [0.25, 0.3) is 0 Å². The van der Waals surface area contributed by atoms with Crippen LogP contribution < -0.4 is 11.5 Å². The molecule has 0 unspecified atom stereocenters. The summed E-state index contributed by atoms with van der Waals surface area (Å²) in [6.07, 6.45) is 8.82. The number of aliphatic hydroxyl groups excluding tert-OH is 1. The highest BCUT2D eigenvalue weighted by atomic mass is 35.6. The maximum absolute atomic E-state index is 8.97. The van der Waals surface area contributed by atoms with Gasteiger partial charge in [0.15, 0.2) is 15.7 Å². The second-order valence-electron chi connectivity index (χ2n) is 12.7. The van der Waals surface area contributed by atoms with E-state index in [1.807, 2.05) is 0 Å². The maximum Gasteiger partial charge on any atom is 0.192 e. The molecule has 2 rings (SSSR count). The van der Waals surface area contributed by atoms with Crippen LogP contribution in [0.3, 0.4) is 0 Å². The zero-order chi connectivity index (χ0) is 24.7. The Hall–Kier alpha value is 0.564. The fourth-order valence-corrected chi connectivity index (χ4v) is 4.32. The lowest BCUT2D eigenvalue weighted by Gasteiger charge is -2.41. The third-order valence-corrected chi connectivity index (χ3v) is 17.3. The molecule has 0 saturated heterocycles. The summed E-state index contributed by atoms with van der Waals surface area (Å²) >= 11 is 6.15. The fraction of sp³-hybridized carbons (Fsp3) is 1.00. The van der Waals surface area contributed by atoms with E-state index in [2.05, 4.69) is 67.7 Å². The molecule has 0 radical (unpaired) electrons. The molecule has 0 amide bonds. The molecule has 5 N–H and O–H groups in total. The smallest absolute Gasteiger partial charge is 0.192 e. The van der Waals surface area contributed by atoms with Gasteiger partial charge in [0.1, 0.15) is 0 Å². The molecule has 0 atom stereocenters. The van der Waals surface area contributed by atoms with Crippen LogP contribution in [-0.4, -0.2) is 45.1 Å². The van der Waals surface area contributed by atoms with Crippen LogP contribution in [0.4, 0.5) is 0 Å². The van der Waals surface area contributed by atoms with Gasteiger partial charge in [-0.15, -0.1) is 0 Å². The number of nitrogens with two attached hydrogens (primary N) is 2. The average Bonchev–Trinajstić information content (AvgIpc) is 2.58.